The summed E-state index contributed by atoms with van der Waals surface area (Å²) in [5.74, 6) is -6.63. The number of rotatable bonds is 8. The van der Waals surface area contributed by atoms with Crippen molar-refractivity contribution in [3.8, 4) is 0 Å². The molecule has 0 bridgehead atoms. The van der Waals surface area contributed by atoms with Gasteiger partial charge in [0.2, 0.25) is 0 Å². The minimum absolute atomic E-state index is 0.0329. The van der Waals surface area contributed by atoms with Crippen molar-refractivity contribution in [1.82, 2.24) is 20.7 Å². The number of hydroxylamine groups is 1. The van der Waals surface area contributed by atoms with E-state index in [4.69, 9.17) is 0 Å². The third-order valence-electron chi connectivity index (χ3n) is 7.21. The Morgan fingerprint density at radius 2 is 1.98 bits per heavy atom. The molecule has 2 unspecified atom stereocenters. The highest BCUT2D eigenvalue weighted by Crippen LogP contribution is 2.37. The summed E-state index contributed by atoms with van der Waals surface area (Å²) in [4.78, 5) is 36.1. The maximum absolute atomic E-state index is 15.4. The largest absolute Gasteiger partial charge is 0.491 e. The average Bonchev–Trinajstić information content (AvgIpc) is 3.63. The van der Waals surface area contributed by atoms with Crippen LogP contribution in [0.1, 0.15) is 36.0 Å². The van der Waals surface area contributed by atoms with E-state index < -0.39 is 47.2 Å². The van der Waals surface area contributed by atoms with E-state index in [2.05, 4.69) is 19.5 Å². The predicted octanol–water partition coefficient (Wildman–Crippen LogP) is 5.41. The maximum Gasteiger partial charge on any atom is 0.491 e. The van der Waals surface area contributed by atoms with Crippen molar-refractivity contribution in [3.05, 3.63) is 58.9 Å². The number of aromatic nitrogens is 1. The van der Waals surface area contributed by atoms with Gasteiger partial charge in [0.1, 0.15) is 5.82 Å². The van der Waals surface area contributed by atoms with Gasteiger partial charge in [-0.3, -0.25) is 5.32 Å². The van der Waals surface area contributed by atoms with Gasteiger partial charge in [0.05, 0.1) is 21.3 Å². The fourth-order valence-electron chi connectivity index (χ4n) is 5.01. The third-order valence-corrected chi connectivity index (χ3v) is 8.29. The SMILES string of the molecule is CN1CCCC1CCN(Cc1ccc(C2(OC(=O)C(F)(F)F)NOC(=O)N2)c(F)c1)c1nc2ccc(C(F)(F)F)cc2s1. The van der Waals surface area contributed by atoms with Crippen LogP contribution >= 0.6 is 11.3 Å². The lowest BCUT2D eigenvalue weighted by molar-refractivity contribution is -0.225. The summed E-state index contributed by atoms with van der Waals surface area (Å²) in [7, 11) is 1.99. The minimum Gasteiger partial charge on any atom is -0.411 e. The number of nitrogens with one attached hydrogen (secondary N) is 2. The lowest BCUT2D eigenvalue weighted by atomic mass is 10.1. The van der Waals surface area contributed by atoms with Crippen LogP contribution in [0.5, 0.6) is 0 Å². The molecule has 2 fully saturated rings. The number of esters is 1. The second-order valence-electron chi connectivity index (χ2n) is 10.2. The molecule has 17 heteroatoms. The Labute approximate surface area is 243 Å². The molecule has 0 radical (unpaired) electrons. The first-order valence-corrected chi connectivity index (χ1v) is 13.7. The molecule has 2 aliphatic heterocycles. The molecule has 5 rings (SSSR count). The van der Waals surface area contributed by atoms with Crippen molar-refractivity contribution < 1.29 is 49.9 Å². The number of halogens is 7. The molecule has 1 amide bonds. The minimum atomic E-state index is -5.45. The molecule has 2 aromatic carbocycles. The average molecular weight is 636 g/mol. The molecule has 3 aromatic rings. The first-order chi connectivity index (χ1) is 20.1. The van der Waals surface area contributed by atoms with Crippen molar-refractivity contribution in [2.75, 3.05) is 25.0 Å². The van der Waals surface area contributed by atoms with Crippen LogP contribution in [0.2, 0.25) is 0 Å². The second-order valence-corrected chi connectivity index (χ2v) is 11.2. The van der Waals surface area contributed by atoms with Crippen LogP contribution in [-0.4, -0.2) is 54.3 Å². The predicted molar refractivity (Wildman–Crippen MR) is 139 cm³/mol. The fourth-order valence-corrected chi connectivity index (χ4v) is 6.04. The van der Waals surface area contributed by atoms with Gasteiger partial charge in [-0.05, 0) is 68.8 Å². The number of nitrogens with zero attached hydrogens (tertiary/aromatic N) is 3. The topological polar surface area (TPSA) is 96.0 Å². The van der Waals surface area contributed by atoms with Crippen LogP contribution in [0.15, 0.2) is 36.4 Å². The van der Waals surface area contributed by atoms with Gasteiger partial charge in [-0.2, -0.15) is 26.3 Å². The summed E-state index contributed by atoms with van der Waals surface area (Å²) < 4.78 is 98.6. The van der Waals surface area contributed by atoms with Crippen molar-refractivity contribution in [3.63, 3.8) is 0 Å². The van der Waals surface area contributed by atoms with E-state index in [0.29, 0.717) is 33.9 Å². The summed E-state index contributed by atoms with van der Waals surface area (Å²) in [6, 6.07) is 6.84. The number of hydrogen-bond donors (Lipinski definition) is 2. The number of ether oxygens (including phenoxy) is 1. The summed E-state index contributed by atoms with van der Waals surface area (Å²) in [5, 5.41) is 2.24. The Morgan fingerprint density at radius 3 is 2.58 bits per heavy atom. The Balaban J connectivity index is 1.44. The Morgan fingerprint density at radius 1 is 1.21 bits per heavy atom. The molecule has 9 nitrogen and oxygen atoms in total. The van der Waals surface area contributed by atoms with Gasteiger partial charge in [-0.1, -0.05) is 22.9 Å². The molecular formula is C26H24F7N5O4S. The summed E-state index contributed by atoms with van der Waals surface area (Å²) >= 11 is 1.04. The molecule has 2 atom stereocenters. The van der Waals surface area contributed by atoms with Crippen molar-refractivity contribution >= 4 is 38.7 Å². The quantitative estimate of drug-likeness (QED) is 0.251. The number of carbonyl (C=O) groups is 2. The number of alkyl halides is 6. The second kappa shape index (κ2) is 11.4. The Hall–Kier alpha value is -3.70. The number of anilines is 1. The monoisotopic (exact) mass is 635 g/mol. The molecule has 1 aromatic heterocycles. The molecule has 0 saturated carbocycles. The van der Waals surface area contributed by atoms with E-state index >= 15 is 4.39 Å². The lowest BCUT2D eigenvalue weighted by Gasteiger charge is -2.28. The zero-order valence-corrected chi connectivity index (χ0v) is 23.1. The summed E-state index contributed by atoms with van der Waals surface area (Å²) in [6.07, 6.45) is -8.64. The number of benzene rings is 2. The number of carbonyl (C=O) groups excluding carboxylic acids is 2. The molecule has 43 heavy (non-hydrogen) atoms. The van der Waals surface area contributed by atoms with Gasteiger partial charge in [-0.25, -0.2) is 19.0 Å². The molecule has 232 valence electrons. The first kappa shape index (κ1) is 30.7. The summed E-state index contributed by atoms with van der Waals surface area (Å²) in [5.41, 5.74) is 0.994. The summed E-state index contributed by atoms with van der Waals surface area (Å²) in [6.45, 7) is 1.38. The molecular weight excluding hydrogens is 611 g/mol. The third kappa shape index (κ3) is 6.62. The van der Waals surface area contributed by atoms with E-state index in [1.165, 1.54) is 12.1 Å². The molecule has 0 aliphatic carbocycles. The standard InChI is InChI=1S/C26H24F7N5O4S/c1-37-9-2-3-16(37)8-10-38(22-34-19-7-5-15(24(28,29)30)12-20(19)43-22)13-14-4-6-17(18(27)11-14)26(35-23(40)42-36-26)41-21(39)25(31,32)33/h4-7,11-12,16,36H,2-3,8-10,13H2,1H3,(H,35,40). The molecule has 3 heterocycles. The van der Waals surface area contributed by atoms with Crippen LogP contribution in [-0.2, 0) is 32.9 Å². The van der Waals surface area contributed by atoms with Gasteiger partial charge in [0.15, 0.2) is 5.13 Å². The van der Waals surface area contributed by atoms with Crippen LogP contribution in [0, 0.1) is 5.82 Å². The number of fused-ring (bicyclic) bond motifs is 1. The Bertz CT molecular complexity index is 1530. The highest BCUT2D eigenvalue weighted by atomic mass is 32.1. The van der Waals surface area contributed by atoms with Crippen molar-refractivity contribution in [2.45, 2.75) is 50.1 Å². The zero-order valence-electron chi connectivity index (χ0n) is 22.3. The van der Waals surface area contributed by atoms with Crippen molar-refractivity contribution in [2.24, 2.45) is 0 Å². The van der Waals surface area contributed by atoms with Crippen LogP contribution in [0.3, 0.4) is 0 Å². The maximum atomic E-state index is 15.4. The molecule has 0 spiro atoms. The Kier molecular flexibility index (Phi) is 8.17. The zero-order chi connectivity index (χ0) is 31.2. The van der Waals surface area contributed by atoms with Crippen molar-refractivity contribution in [1.29, 1.82) is 0 Å². The molecule has 2 N–H and O–H groups in total. The van der Waals surface area contributed by atoms with E-state index in [1.54, 1.807) is 10.4 Å². The van der Waals surface area contributed by atoms with E-state index in [1.807, 2.05) is 12.4 Å². The highest BCUT2D eigenvalue weighted by molar-refractivity contribution is 7.22. The van der Waals surface area contributed by atoms with Crippen LogP contribution in [0.25, 0.3) is 10.2 Å². The normalized spacial score (nSPS) is 21.2. The van der Waals surface area contributed by atoms with E-state index in [9.17, 15) is 35.9 Å². The first-order valence-electron chi connectivity index (χ1n) is 12.9. The van der Waals surface area contributed by atoms with Gasteiger partial charge in [0.25, 0.3) is 0 Å². The molecule has 2 aliphatic rings. The van der Waals surface area contributed by atoms with Gasteiger partial charge >= 0.3 is 30.3 Å². The van der Waals surface area contributed by atoms with Gasteiger partial charge in [-0.15, -0.1) is 0 Å². The van der Waals surface area contributed by atoms with Crippen LogP contribution < -0.4 is 15.7 Å². The molecule has 2 saturated heterocycles. The fraction of sp³-hybridized carbons (Fsp3) is 0.423. The van der Waals surface area contributed by atoms with E-state index in [-0.39, 0.29) is 12.6 Å². The smallest absolute Gasteiger partial charge is 0.411 e. The highest BCUT2D eigenvalue weighted by Gasteiger charge is 2.53. The number of amides is 1. The lowest BCUT2D eigenvalue weighted by Crippen LogP contribution is -2.52. The number of likely N-dealkylation sites (tertiary alicyclic amines) is 1. The van der Waals surface area contributed by atoms with Gasteiger partial charge in [0, 0.05) is 19.1 Å². The van der Waals surface area contributed by atoms with E-state index in [0.717, 1.165) is 55.0 Å². The van der Waals surface area contributed by atoms with Gasteiger partial charge < -0.3 is 19.4 Å². The number of hydrogen-bond acceptors (Lipinski definition) is 9. The number of thiazole rings is 1. The van der Waals surface area contributed by atoms with Crippen LogP contribution in [0.4, 0.5) is 40.7 Å².